The minimum Gasteiger partial charge on any atom is -0.351 e. The number of alkyl halides is 3. The number of likely N-dealkylation sites (tertiary alicyclic amines) is 1. The van der Waals surface area contributed by atoms with Gasteiger partial charge in [-0.15, -0.1) is 0 Å². The highest BCUT2D eigenvalue weighted by Crippen LogP contribution is 2.41. The molecule has 2 saturated heterocycles. The molecule has 32 heavy (non-hydrogen) atoms. The second-order valence-corrected chi connectivity index (χ2v) is 8.47. The third kappa shape index (κ3) is 4.79. The van der Waals surface area contributed by atoms with Crippen LogP contribution in [0.2, 0.25) is 0 Å². The minimum absolute atomic E-state index is 0.00685. The molecule has 170 valence electrons. The first-order valence-electron chi connectivity index (χ1n) is 10.7. The van der Waals surface area contributed by atoms with Crippen molar-refractivity contribution in [2.45, 2.75) is 62.8 Å². The smallest absolute Gasteiger partial charge is 0.351 e. The molecule has 2 aliphatic heterocycles. The Morgan fingerprint density at radius 2 is 1.84 bits per heavy atom. The second kappa shape index (κ2) is 8.92. The summed E-state index contributed by atoms with van der Waals surface area (Å²) in [6.45, 7) is 0. The molecule has 2 fully saturated rings. The van der Waals surface area contributed by atoms with Crippen LogP contribution in [0.15, 0.2) is 48.5 Å². The van der Waals surface area contributed by atoms with Gasteiger partial charge in [-0.1, -0.05) is 30.7 Å². The summed E-state index contributed by atoms with van der Waals surface area (Å²) < 4.78 is 53.2. The standard InChI is InChI=1S/C24H24F4N2O2/c25-18-10-8-15(9-11-18)12-23(32)30-20-6-1-2-7-22(31)29-19(20)14-21(30)16-4-3-5-17(13-16)24(26,27)28/h3-5,8-11,13,19-21H,1-2,6-7,12,14H2,(H,29,31)/t19-,20+,21+/m1/s1. The molecule has 0 unspecified atom stereocenters. The first-order chi connectivity index (χ1) is 15.2. The van der Waals surface area contributed by atoms with Gasteiger partial charge in [-0.2, -0.15) is 13.2 Å². The summed E-state index contributed by atoms with van der Waals surface area (Å²) in [5, 5.41) is 2.98. The van der Waals surface area contributed by atoms with Crippen molar-refractivity contribution in [1.29, 1.82) is 0 Å². The third-order valence-electron chi connectivity index (χ3n) is 6.29. The second-order valence-electron chi connectivity index (χ2n) is 8.47. The number of carbonyl (C=O) groups excluding carboxylic acids is 2. The lowest BCUT2D eigenvalue weighted by Crippen LogP contribution is -2.48. The Morgan fingerprint density at radius 3 is 2.56 bits per heavy atom. The van der Waals surface area contributed by atoms with Crippen LogP contribution in [0, 0.1) is 5.82 Å². The molecule has 2 aromatic carbocycles. The Balaban J connectivity index is 1.68. The van der Waals surface area contributed by atoms with Gasteiger partial charge in [-0.05, 0) is 54.7 Å². The summed E-state index contributed by atoms with van der Waals surface area (Å²) in [6, 6.07) is 9.44. The number of fused-ring (bicyclic) bond motifs is 1. The quantitative estimate of drug-likeness (QED) is 0.687. The number of amides is 2. The fourth-order valence-electron chi connectivity index (χ4n) is 4.80. The summed E-state index contributed by atoms with van der Waals surface area (Å²) in [5.74, 6) is -0.760. The van der Waals surface area contributed by atoms with E-state index in [1.165, 1.54) is 30.3 Å². The van der Waals surface area contributed by atoms with E-state index in [1.54, 1.807) is 11.0 Å². The van der Waals surface area contributed by atoms with Crippen LogP contribution >= 0.6 is 0 Å². The van der Waals surface area contributed by atoms with E-state index in [9.17, 15) is 27.2 Å². The molecule has 0 spiro atoms. The number of nitrogens with one attached hydrogen (secondary N) is 1. The van der Waals surface area contributed by atoms with Crippen molar-refractivity contribution in [3.63, 3.8) is 0 Å². The number of carbonyl (C=O) groups is 2. The Labute approximate surface area is 183 Å². The molecule has 2 aliphatic rings. The molecular formula is C24H24F4N2O2. The third-order valence-corrected chi connectivity index (χ3v) is 6.29. The van der Waals surface area contributed by atoms with Crippen molar-refractivity contribution in [3.8, 4) is 0 Å². The summed E-state index contributed by atoms with van der Waals surface area (Å²) in [7, 11) is 0. The van der Waals surface area contributed by atoms with Gasteiger partial charge in [-0.25, -0.2) is 4.39 Å². The summed E-state index contributed by atoms with van der Waals surface area (Å²) in [5.41, 5.74) is 0.250. The van der Waals surface area contributed by atoms with Gasteiger partial charge in [0.15, 0.2) is 0 Å². The summed E-state index contributed by atoms with van der Waals surface area (Å²) >= 11 is 0. The van der Waals surface area contributed by atoms with E-state index in [0.29, 0.717) is 36.8 Å². The van der Waals surface area contributed by atoms with Crippen LogP contribution in [-0.4, -0.2) is 28.8 Å². The van der Waals surface area contributed by atoms with Crippen LogP contribution in [0.5, 0.6) is 0 Å². The molecule has 0 bridgehead atoms. The topological polar surface area (TPSA) is 49.4 Å². The summed E-state index contributed by atoms with van der Waals surface area (Å²) in [4.78, 5) is 27.3. The molecule has 1 N–H and O–H groups in total. The summed E-state index contributed by atoms with van der Waals surface area (Å²) in [6.07, 6.45) is -1.61. The number of hydrogen-bond acceptors (Lipinski definition) is 2. The van der Waals surface area contributed by atoms with Crippen molar-refractivity contribution in [1.82, 2.24) is 10.2 Å². The van der Waals surface area contributed by atoms with E-state index < -0.39 is 23.6 Å². The van der Waals surface area contributed by atoms with Gasteiger partial charge in [0.1, 0.15) is 5.82 Å². The first kappa shape index (κ1) is 22.3. The molecule has 3 atom stereocenters. The molecule has 2 amide bonds. The van der Waals surface area contributed by atoms with Gasteiger partial charge in [0, 0.05) is 6.42 Å². The molecule has 2 heterocycles. The Morgan fingerprint density at radius 1 is 1.09 bits per heavy atom. The number of nitrogens with zero attached hydrogens (tertiary/aromatic N) is 1. The Bertz CT molecular complexity index is 990. The molecule has 4 nitrogen and oxygen atoms in total. The number of benzene rings is 2. The highest BCUT2D eigenvalue weighted by atomic mass is 19.4. The maximum atomic E-state index is 13.4. The fraction of sp³-hybridized carbons (Fsp3) is 0.417. The van der Waals surface area contributed by atoms with Crippen LogP contribution in [0.1, 0.15) is 54.8 Å². The zero-order valence-corrected chi connectivity index (χ0v) is 17.4. The van der Waals surface area contributed by atoms with Gasteiger partial charge >= 0.3 is 6.18 Å². The minimum atomic E-state index is -4.49. The average molecular weight is 448 g/mol. The highest BCUT2D eigenvalue weighted by Gasteiger charge is 2.45. The normalized spacial score (nSPS) is 23.8. The average Bonchev–Trinajstić information content (AvgIpc) is 3.08. The van der Waals surface area contributed by atoms with Crippen LogP contribution in [0.4, 0.5) is 17.6 Å². The predicted molar refractivity (Wildman–Crippen MR) is 110 cm³/mol. The van der Waals surface area contributed by atoms with Crippen molar-refractivity contribution in [2.24, 2.45) is 0 Å². The maximum absolute atomic E-state index is 13.4. The van der Waals surface area contributed by atoms with Crippen LogP contribution < -0.4 is 5.32 Å². The lowest BCUT2D eigenvalue weighted by molar-refractivity contribution is -0.137. The van der Waals surface area contributed by atoms with E-state index in [2.05, 4.69) is 5.32 Å². The van der Waals surface area contributed by atoms with E-state index in [4.69, 9.17) is 0 Å². The molecule has 8 heteroatoms. The van der Waals surface area contributed by atoms with Crippen LogP contribution in [0.3, 0.4) is 0 Å². The van der Waals surface area contributed by atoms with E-state index in [1.807, 2.05) is 0 Å². The van der Waals surface area contributed by atoms with Crippen molar-refractivity contribution >= 4 is 11.8 Å². The molecule has 0 aliphatic carbocycles. The SMILES string of the molecule is O=C1CCCC[C@H]2[C@@H](C[C@@H](c3cccc(C(F)(F)F)c3)N2C(=O)Cc2ccc(F)cc2)N1. The van der Waals surface area contributed by atoms with Gasteiger partial charge in [0.25, 0.3) is 0 Å². The predicted octanol–water partition coefficient (Wildman–Crippen LogP) is 4.79. The zero-order chi connectivity index (χ0) is 22.9. The Kier molecular flexibility index (Phi) is 6.22. The van der Waals surface area contributed by atoms with Crippen molar-refractivity contribution in [2.75, 3.05) is 0 Å². The van der Waals surface area contributed by atoms with Crippen molar-refractivity contribution < 1.29 is 27.2 Å². The first-order valence-corrected chi connectivity index (χ1v) is 10.7. The molecule has 2 aromatic rings. The highest BCUT2D eigenvalue weighted by molar-refractivity contribution is 5.81. The number of halogens is 4. The van der Waals surface area contributed by atoms with Crippen LogP contribution in [-0.2, 0) is 22.2 Å². The van der Waals surface area contributed by atoms with Crippen molar-refractivity contribution in [3.05, 3.63) is 71.0 Å². The molecular weight excluding hydrogens is 424 g/mol. The van der Waals surface area contributed by atoms with E-state index >= 15 is 0 Å². The van der Waals surface area contributed by atoms with Gasteiger partial charge in [0.2, 0.25) is 11.8 Å². The number of hydrogen-bond donors (Lipinski definition) is 1. The van der Waals surface area contributed by atoms with Gasteiger partial charge in [0.05, 0.1) is 30.1 Å². The number of rotatable bonds is 3. The fourth-order valence-corrected chi connectivity index (χ4v) is 4.80. The lowest BCUT2D eigenvalue weighted by Gasteiger charge is -2.33. The van der Waals surface area contributed by atoms with E-state index in [0.717, 1.165) is 18.6 Å². The lowest BCUT2D eigenvalue weighted by atomic mass is 9.97. The zero-order valence-electron chi connectivity index (χ0n) is 17.4. The van der Waals surface area contributed by atoms with Gasteiger partial charge < -0.3 is 10.2 Å². The molecule has 0 aromatic heterocycles. The Hall–Kier alpha value is -2.90. The molecule has 0 saturated carbocycles. The maximum Gasteiger partial charge on any atom is 0.416 e. The van der Waals surface area contributed by atoms with Crippen LogP contribution in [0.25, 0.3) is 0 Å². The molecule has 0 radical (unpaired) electrons. The molecule has 4 rings (SSSR count). The van der Waals surface area contributed by atoms with Gasteiger partial charge in [-0.3, -0.25) is 9.59 Å². The largest absolute Gasteiger partial charge is 0.416 e. The van der Waals surface area contributed by atoms with E-state index in [-0.39, 0.29) is 30.3 Å². The monoisotopic (exact) mass is 448 g/mol.